The van der Waals surface area contributed by atoms with E-state index >= 15 is 0 Å². The number of rotatable bonds is 2. The fraction of sp³-hybridized carbons (Fsp3) is 0.0769. The highest BCUT2D eigenvalue weighted by Gasteiger charge is 2.13. The van der Waals surface area contributed by atoms with Crippen LogP contribution in [0.3, 0.4) is 0 Å². The lowest BCUT2D eigenvalue weighted by atomic mass is 10.0. The van der Waals surface area contributed by atoms with Gasteiger partial charge in [-0.2, -0.15) is 0 Å². The Morgan fingerprint density at radius 2 is 1.41 bits per heavy atom. The van der Waals surface area contributed by atoms with Crippen LogP contribution in [0.5, 0.6) is 5.75 Å². The van der Waals surface area contributed by atoms with Crippen LogP contribution in [0.25, 0.3) is 11.1 Å². The Labute approximate surface area is 96.5 Å². The van der Waals surface area contributed by atoms with Crippen molar-refractivity contribution in [1.82, 2.24) is 0 Å². The molecule has 0 aliphatic carbocycles. The van der Waals surface area contributed by atoms with Crippen molar-refractivity contribution in [3.63, 3.8) is 0 Å². The number of benzene rings is 2. The van der Waals surface area contributed by atoms with Crippen molar-refractivity contribution < 1.29 is 17.9 Å². The van der Waals surface area contributed by atoms with E-state index in [0.29, 0.717) is 23.4 Å². The molecule has 0 aliphatic heterocycles. The van der Waals surface area contributed by atoms with E-state index in [1.54, 1.807) is 12.1 Å². The summed E-state index contributed by atoms with van der Waals surface area (Å²) in [5, 5.41) is 0. The molecule has 1 nitrogen and oxygen atoms in total. The molecule has 0 saturated heterocycles. The summed E-state index contributed by atoms with van der Waals surface area (Å²) in [6, 6.07) is 7.50. The van der Waals surface area contributed by atoms with Crippen LogP contribution in [0, 0.1) is 17.5 Å². The van der Waals surface area contributed by atoms with E-state index in [-0.39, 0.29) is 5.56 Å². The van der Waals surface area contributed by atoms with Crippen molar-refractivity contribution >= 4 is 0 Å². The Bertz CT molecular complexity index is 512. The average Bonchev–Trinajstić information content (AvgIpc) is 2.28. The zero-order chi connectivity index (χ0) is 12.4. The highest BCUT2D eigenvalue weighted by molar-refractivity contribution is 5.65. The molecule has 4 heteroatoms. The third kappa shape index (κ3) is 2.25. The largest absolute Gasteiger partial charge is 0.497 e. The average molecular weight is 238 g/mol. The first-order chi connectivity index (χ1) is 8.11. The van der Waals surface area contributed by atoms with Crippen molar-refractivity contribution in [1.29, 1.82) is 0 Å². The lowest BCUT2D eigenvalue weighted by Crippen LogP contribution is -1.92. The molecule has 0 heterocycles. The number of hydrogen-bond donors (Lipinski definition) is 0. The highest BCUT2D eigenvalue weighted by Crippen LogP contribution is 2.28. The standard InChI is InChI=1S/C13H9F3O/c1-17-10-4-2-8(3-5-10)13-11(15)6-9(14)7-12(13)16/h2-7H,1H3. The molecule has 0 fully saturated rings. The lowest BCUT2D eigenvalue weighted by molar-refractivity contribution is 0.415. The highest BCUT2D eigenvalue weighted by atomic mass is 19.1. The second-order valence-corrected chi connectivity index (χ2v) is 3.47. The molecule has 0 spiro atoms. The molecule has 0 radical (unpaired) electrons. The van der Waals surface area contributed by atoms with Crippen LogP contribution >= 0.6 is 0 Å². The first-order valence-corrected chi connectivity index (χ1v) is 4.91. The molecule has 0 N–H and O–H groups in total. The first kappa shape index (κ1) is 11.5. The quantitative estimate of drug-likeness (QED) is 0.773. The van der Waals surface area contributed by atoms with Gasteiger partial charge in [-0.25, -0.2) is 13.2 Å². The van der Waals surface area contributed by atoms with Crippen LogP contribution in [0.15, 0.2) is 36.4 Å². The molecule has 2 aromatic rings. The summed E-state index contributed by atoms with van der Waals surface area (Å²) in [5.74, 6) is -2.20. The monoisotopic (exact) mass is 238 g/mol. The van der Waals surface area contributed by atoms with Gasteiger partial charge >= 0.3 is 0 Å². The second-order valence-electron chi connectivity index (χ2n) is 3.47. The molecular weight excluding hydrogens is 229 g/mol. The summed E-state index contributed by atoms with van der Waals surface area (Å²) in [5.41, 5.74) is 0.0925. The van der Waals surface area contributed by atoms with Crippen LogP contribution in [0.1, 0.15) is 0 Å². The van der Waals surface area contributed by atoms with Gasteiger partial charge in [-0.1, -0.05) is 12.1 Å². The summed E-state index contributed by atoms with van der Waals surface area (Å²) < 4.78 is 44.6. The maximum absolute atomic E-state index is 13.5. The summed E-state index contributed by atoms with van der Waals surface area (Å²) in [6.07, 6.45) is 0. The Morgan fingerprint density at radius 3 is 1.88 bits per heavy atom. The van der Waals surface area contributed by atoms with E-state index in [0.717, 1.165) is 0 Å². The zero-order valence-electron chi connectivity index (χ0n) is 9.01. The summed E-state index contributed by atoms with van der Waals surface area (Å²) in [4.78, 5) is 0. The predicted molar refractivity (Wildman–Crippen MR) is 58.3 cm³/mol. The molecule has 0 amide bonds. The first-order valence-electron chi connectivity index (χ1n) is 4.91. The van der Waals surface area contributed by atoms with Gasteiger partial charge in [0.2, 0.25) is 0 Å². The van der Waals surface area contributed by atoms with Crippen LogP contribution in [-0.4, -0.2) is 7.11 Å². The Morgan fingerprint density at radius 1 is 0.882 bits per heavy atom. The summed E-state index contributed by atoms with van der Waals surface area (Å²) >= 11 is 0. The van der Waals surface area contributed by atoms with E-state index in [1.807, 2.05) is 0 Å². The van der Waals surface area contributed by atoms with Gasteiger partial charge < -0.3 is 4.74 Å². The number of ether oxygens (including phenoxy) is 1. The predicted octanol–water partition coefficient (Wildman–Crippen LogP) is 3.78. The lowest BCUT2D eigenvalue weighted by Gasteiger charge is -2.06. The molecule has 0 unspecified atom stereocenters. The number of hydrogen-bond acceptors (Lipinski definition) is 1. The van der Waals surface area contributed by atoms with Crippen LogP contribution in [0.2, 0.25) is 0 Å². The van der Waals surface area contributed by atoms with Gasteiger partial charge in [0.25, 0.3) is 0 Å². The maximum atomic E-state index is 13.5. The minimum absolute atomic E-state index is 0.242. The van der Waals surface area contributed by atoms with Gasteiger partial charge in [-0.15, -0.1) is 0 Å². The second kappa shape index (κ2) is 4.49. The minimum atomic E-state index is -0.933. The smallest absolute Gasteiger partial charge is 0.136 e. The van der Waals surface area contributed by atoms with Crippen LogP contribution < -0.4 is 4.74 Å². The fourth-order valence-electron chi connectivity index (χ4n) is 1.58. The normalized spacial score (nSPS) is 10.4. The van der Waals surface area contributed by atoms with Gasteiger partial charge in [0.05, 0.1) is 12.7 Å². The molecule has 17 heavy (non-hydrogen) atoms. The van der Waals surface area contributed by atoms with Gasteiger partial charge in [0, 0.05) is 12.1 Å². The van der Waals surface area contributed by atoms with Gasteiger partial charge in [-0.05, 0) is 17.7 Å². The van der Waals surface area contributed by atoms with Crippen LogP contribution in [0.4, 0.5) is 13.2 Å². The van der Waals surface area contributed by atoms with E-state index in [2.05, 4.69) is 0 Å². The van der Waals surface area contributed by atoms with Gasteiger partial charge in [-0.3, -0.25) is 0 Å². The van der Waals surface area contributed by atoms with Crippen molar-refractivity contribution in [2.24, 2.45) is 0 Å². The molecule has 88 valence electrons. The Kier molecular flexibility index (Phi) is 3.04. The van der Waals surface area contributed by atoms with Crippen molar-refractivity contribution in [3.8, 4) is 16.9 Å². The maximum Gasteiger partial charge on any atom is 0.136 e. The summed E-state index contributed by atoms with van der Waals surface area (Å²) in [7, 11) is 1.49. The third-order valence-electron chi connectivity index (χ3n) is 2.39. The molecule has 0 aromatic heterocycles. The molecular formula is C13H9F3O. The SMILES string of the molecule is COc1ccc(-c2c(F)cc(F)cc2F)cc1. The molecule has 0 saturated carbocycles. The molecule has 2 aromatic carbocycles. The fourth-order valence-corrected chi connectivity index (χ4v) is 1.58. The number of halogens is 3. The third-order valence-corrected chi connectivity index (χ3v) is 2.39. The van der Waals surface area contributed by atoms with Gasteiger partial charge in [0.1, 0.15) is 23.2 Å². The topological polar surface area (TPSA) is 9.23 Å². The van der Waals surface area contributed by atoms with Gasteiger partial charge in [0.15, 0.2) is 0 Å². The Hall–Kier alpha value is -1.97. The van der Waals surface area contributed by atoms with Crippen molar-refractivity contribution in [3.05, 3.63) is 53.8 Å². The van der Waals surface area contributed by atoms with E-state index < -0.39 is 17.5 Å². The van der Waals surface area contributed by atoms with Crippen LogP contribution in [-0.2, 0) is 0 Å². The van der Waals surface area contributed by atoms with Crippen molar-refractivity contribution in [2.75, 3.05) is 7.11 Å². The van der Waals surface area contributed by atoms with Crippen molar-refractivity contribution in [2.45, 2.75) is 0 Å². The molecule has 0 aliphatic rings. The summed E-state index contributed by atoms with van der Waals surface area (Å²) in [6.45, 7) is 0. The molecule has 0 bridgehead atoms. The molecule has 2 rings (SSSR count). The van der Waals surface area contributed by atoms with E-state index in [4.69, 9.17) is 4.74 Å². The zero-order valence-corrected chi connectivity index (χ0v) is 9.01. The Balaban J connectivity index is 2.52. The van der Waals surface area contributed by atoms with E-state index in [1.165, 1.54) is 19.2 Å². The minimum Gasteiger partial charge on any atom is -0.497 e. The molecule has 0 atom stereocenters. The number of methoxy groups -OCH3 is 1. The van der Waals surface area contributed by atoms with E-state index in [9.17, 15) is 13.2 Å².